The van der Waals surface area contributed by atoms with Crippen LogP contribution in [0.15, 0.2) is 18.2 Å². The standard InChI is InChI=1S/C14H17F2NO/c15-12-2-1-11(14(16)9-12)8-13(18)7-10-3-5-17-6-4-10/h1-2,9-10,17H,3-8H2. The van der Waals surface area contributed by atoms with Gasteiger partial charge in [-0.3, -0.25) is 4.79 Å². The molecule has 0 unspecified atom stereocenters. The van der Waals surface area contributed by atoms with Crippen LogP contribution in [0.2, 0.25) is 0 Å². The van der Waals surface area contributed by atoms with Crippen LogP contribution in [0.4, 0.5) is 8.78 Å². The summed E-state index contributed by atoms with van der Waals surface area (Å²) < 4.78 is 26.1. The number of Topliss-reactive ketones (excluding diaryl/α,β-unsaturated/α-hetero) is 1. The van der Waals surface area contributed by atoms with E-state index in [0.29, 0.717) is 12.3 Å². The van der Waals surface area contributed by atoms with E-state index in [9.17, 15) is 13.6 Å². The van der Waals surface area contributed by atoms with Crippen LogP contribution in [0.5, 0.6) is 0 Å². The van der Waals surface area contributed by atoms with Gasteiger partial charge in [-0.2, -0.15) is 0 Å². The normalized spacial score (nSPS) is 16.8. The van der Waals surface area contributed by atoms with E-state index in [0.717, 1.165) is 32.0 Å². The summed E-state index contributed by atoms with van der Waals surface area (Å²) in [7, 11) is 0. The third-order valence-corrected chi connectivity index (χ3v) is 3.38. The highest BCUT2D eigenvalue weighted by molar-refractivity contribution is 5.81. The molecule has 0 saturated carbocycles. The summed E-state index contributed by atoms with van der Waals surface area (Å²) in [5, 5.41) is 3.24. The number of carbonyl (C=O) groups excluding carboxylic acids is 1. The molecule has 18 heavy (non-hydrogen) atoms. The molecule has 0 bridgehead atoms. The Bertz CT molecular complexity index is 428. The Labute approximate surface area is 105 Å². The first-order valence-corrected chi connectivity index (χ1v) is 6.31. The van der Waals surface area contributed by atoms with Crippen molar-refractivity contribution in [2.75, 3.05) is 13.1 Å². The van der Waals surface area contributed by atoms with E-state index in [1.54, 1.807) is 0 Å². The molecule has 1 N–H and O–H groups in total. The SMILES string of the molecule is O=C(Cc1ccc(F)cc1F)CC1CCNCC1. The number of hydrogen-bond acceptors (Lipinski definition) is 2. The summed E-state index contributed by atoms with van der Waals surface area (Å²) >= 11 is 0. The van der Waals surface area contributed by atoms with E-state index in [-0.39, 0.29) is 17.8 Å². The smallest absolute Gasteiger partial charge is 0.137 e. The Morgan fingerprint density at radius 3 is 2.67 bits per heavy atom. The van der Waals surface area contributed by atoms with Crippen LogP contribution in [0.3, 0.4) is 0 Å². The van der Waals surface area contributed by atoms with Crippen LogP contribution in [0, 0.1) is 17.6 Å². The van der Waals surface area contributed by atoms with Gasteiger partial charge in [-0.1, -0.05) is 6.07 Å². The maximum Gasteiger partial charge on any atom is 0.137 e. The molecule has 2 nitrogen and oxygen atoms in total. The van der Waals surface area contributed by atoms with E-state index >= 15 is 0 Å². The first-order chi connectivity index (χ1) is 8.65. The highest BCUT2D eigenvalue weighted by Gasteiger charge is 2.17. The Hall–Kier alpha value is -1.29. The number of ketones is 1. The van der Waals surface area contributed by atoms with Crippen molar-refractivity contribution in [3.63, 3.8) is 0 Å². The van der Waals surface area contributed by atoms with Crippen molar-refractivity contribution in [3.05, 3.63) is 35.4 Å². The van der Waals surface area contributed by atoms with E-state index in [1.165, 1.54) is 12.1 Å². The molecule has 1 aromatic rings. The lowest BCUT2D eigenvalue weighted by atomic mass is 9.91. The zero-order valence-corrected chi connectivity index (χ0v) is 10.2. The van der Waals surface area contributed by atoms with Crippen LogP contribution in [0.25, 0.3) is 0 Å². The molecule has 1 fully saturated rings. The first kappa shape index (κ1) is 13.1. The maximum atomic E-state index is 13.4. The summed E-state index contributed by atoms with van der Waals surface area (Å²) in [6.07, 6.45) is 2.56. The second-order valence-corrected chi connectivity index (χ2v) is 4.85. The molecular weight excluding hydrogens is 236 g/mol. The summed E-state index contributed by atoms with van der Waals surface area (Å²) in [5.41, 5.74) is 0.287. The minimum absolute atomic E-state index is 0.0346. The minimum Gasteiger partial charge on any atom is -0.317 e. The fourth-order valence-corrected chi connectivity index (χ4v) is 2.36. The van der Waals surface area contributed by atoms with Gasteiger partial charge >= 0.3 is 0 Å². The van der Waals surface area contributed by atoms with Gasteiger partial charge < -0.3 is 5.32 Å². The average Bonchev–Trinajstić information content (AvgIpc) is 2.34. The molecule has 2 rings (SSSR count). The van der Waals surface area contributed by atoms with Crippen molar-refractivity contribution in [2.45, 2.75) is 25.7 Å². The third-order valence-electron chi connectivity index (χ3n) is 3.38. The summed E-state index contributed by atoms with van der Waals surface area (Å²) in [4.78, 5) is 11.8. The zero-order chi connectivity index (χ0) is 13.0. The van der Waals surface area contributed by atoms with Crippen LogP contribution in [0.1, 0.15) is 24.8 Å². The van der Waals surface area contributed by atoms with E-state index < -0.39 is 11.6 Å². The number of piperidine rings is 1. The minimum atomic E-state index is -0.631. The van der Waals surface area contributed by atoms with E-state index in [1.807, 2.05) is 0 Å². The second kappa shape index (κ2) is 6.05. The molecule has 0 spiro atoms. The number of carbonyl (C=O) groups is 1. The third kappa shape index (κ3) is 3.60. The number of hydrogen-bond donors (Lipinski definition) is 1. The fraction of sp³-hybridized carbons (Fsp3) is 0.500. The number of rotatable bonds is 4. The van der Waals surface area contributed by atoms with E-state index in [4.69, 9.17) is 0 Å². The van der Waals surface area contributed by atoms with Crippen molar-refractivity contribution in [2.24, 2.45) is 5.92 Å². The molecule has 1 aliphatic heterocycles. The van der Waals surface area contributed by atoms with Gasteiger partial charge in [0.05, 0.1) is 0 Å². The second-order valence-electron chi connectivity index (χ2n) is 4.85. The molecule has 0 atom stereocenters. The molecule has 0 radical (unpaired) electrons. The predicted octanol–water partition coefficient (Wildman–Crippen LogP) is 2.47. The molecule has 1 saturated heterocycles. The van der Waals surface area contributed by atoms with Gasteiger partial charge in [0.1, 0.15) is 17.4 Å². The van der Waals surface area contributed by atoms with Crippen LogP contribution in [-0.4, -0.2) is 18.9 Å². The van der Waals surface area contributed by atoms with Crippen LogP contribution < -0.4 is 5.32 Å². The highest BCUT2D eigenvalue weighted by atomic mass is 19.1. The summed E-state index contributed by atoms with van der Waals surface area (Å²) in [6.45, 7) is 1.89. The number of nitrogens with one attached hydrogen (secondary N) is 1. The summed E-state index contributed by atoms with van der Waals surface area (Å²) in [5.74, 6) is -0.801. The fourth-order valence-electron chi connectivity index (χ4n) is 2.36. The van der Waals surface area contributed by atoms with Crippen molar-refractivity contribution in [3.8, 4) is 0 Å². The van der Waals surface area contributed by atoms with Crippen LogP contribution in [-0.2, 0) is 11.2 Å². The lowest BCUT2D eigenvalue weighted by Crippen LogP contribution is -2.29. The lowest BCUT2D eigenvalue weighted by Gasteiger charge is -2.21. The topological polar surface area (TPSA) is 29.1 Å². The average molecular weight is 253 g/mol. The molecular formula is C14H17F2NO. The zero-order valence-electron chi connectivity index (χ0n) is 10.2. The van der Waals surface area contributed by atoms with Crippen molar-refractivity contribution < 1.29 is 13.6 Å². The van der Waals surface area contributed by atoms with Crippen molar-refractivity contribution >= 4 is 5.78 Å². The van der Waals surface area contributed by atoms with Crippen molar-refractivity contribution in [1.29, 1.82) is 0 Å². The van der Waals surface area contributed by atoms with Crippen LogP contribution >= 0.6 is 0 Å². The van der Waals surface area contributed by atoms with Gasteiger partial charge in [-0.05, 0) is 43.5 Å². The number of halogens is 2. The molecule has 1 heterocycles. The van der Waals surface area contributed by atoms with Gasteiger partial charge in [0.25, 0.3) is 0 Å². The highest BCUT2D eigenvalue weighted by Crippen LogP contribution is 2.18. The molecule has 4 heteroatoms. The lowest BCUT2D eigenvalue weighted by molar-refractivity contribution is -0.119. The van der Waals surface area contributed by atoms with Gasteiger partial charge in [0, 0.05) is 18.9 Å². The molecule has 1 aliphatic rings. The van der Waals surface area contributed by atoms with Crippen molar-refractivity contribution in [1.82, 2.24) is 5.32 Å². The van der Waals surface area contributed by atoms with Gasteiger partial charge in [0.15, 0.2) is 0 Å². The Morgan fingerprint density at radius 1 is 1.28 bits per heavy atom. The molecule has 0 aliphatic carbocycles. The summed E-state index contributed by atoms with van der Waals surface area (Å²) in [6, 6.07) is 3.37. The van der Waals surface area contributed by atoms with Gasteiger partial charge in [-0.15, -0.1) is 0 Å². The van der Waals surface area contributed by atoms with E-state index in [2.05, 4.69) is 5.32 Å². The predicted molar refractivity (Wildman–Crippen MR) is 65.3 cm³/mol. The quantitative estimate of drug-likeness (QED) is 0.893. The van der Waals surface area contributed by atoms with Gasteiger partial charge in [0.2, 0.25) is 0 Å². The Morgan fingerprint density at radius 2 is 2.00 bits per heavy atom. The molecule has 0 amide bonds. The first-order valence-electron chi connectivity index (χ1n) is 6.31. The largest absolute Gasteiger partial charge is 0.317 e. The Kier molecular flexibility index (Phi) is 4.42. The maximum absolute atomic E-state index is 13.4. The monoisotopic (exact) mass is 253 g/mol. The molecule has 98 valence electrons. The molecule has 0 aromatic heterocycles. The number of benzene rings is 1. The van der Waals surface area contributed by atoms with Gasteiger partial charge in [-0.25, -0.2) is 8.78 Å². The Balaban J connectivity index is 1.90. The molecule has 1 aromatic carbocycles.